The molecule has 23 heavy (non-hydrogen) atoms. The zero-order valence-electron chi connectivity index (χ0n) is 13.8. The Bertz CT molecular complexity index is 601. The van der Waals surface area contributed by atoms with Crippen LogP contribution in [-0.4, -0.2) is 57.3 Å². The number of sulfonamides is 1. The lowest BCUT2D eigenvalue weighted by Crippen LogP contribution is -2.48. The van der Waals surface area contributed by atoms with E-state index in [2.05, 4.69) is 0 Å². The van der Waals surface area contributed by atoms with Crippen molar-refractivity contribution in [1.29, 1.82) is 0 Å². The zero-order chi connectivity index (χ0) is 17.0. The van der Waals surface area contributed by atoms with E-state index in [9.17, 15) is 13.5 Å². The van der Waals surface area contributed by atoms with Crippen molar-refractivity contribution in [2.75, 3.05) is 21.3 Å². The second-order valence-corrected chi connectivity index (χ2v) is 7.81. The predicted octanol–water partition coefficient (Wildman–Crippen LogP) is 1.63. The molecule has 0 heterocycles. The van der Waals surface area contributed by atoms with Crippen LogP contribution in [0, 0.1) is 0 Å². The number of nitrogens with zero attached hydrogens (tertiary/aromatic N) is 1. The van der Waals surface area contributed by atoms with Crippen LogP contribution in [0.3, 0.4) is 0 Å². The van der Waals surface area contributed by atoms with Crippen molar-refractivity contribution in [2.45, 2.75) is 48.8 Å². The first kappa shape index (κ1) is 18.2. The van der Waals surface area contributed by atoms with Gasteiger partial charge >= 0.3 is 0 Å². The van der Waals surface area contributed by atoms with Gasteiger partial charge in [-0.1, -0.05) is 12.8 Å². The van der Waals surface area contributed by atoms with Gasteiger partial charge in [-0.15, -0.1) is 0 Å². The summed E-state index contributed by atoms with van der Waals surface area (Å²) in [6, 6.07) is 5.77. The van der Waals surface area contributed by atoms with Gasteiger partial charge < -0.3 is 14.6 Å². The normalized spacial score (nSPS) is 26.0. The summed E-state index contributed by atoms with van der Waals surface area (Å²) in [6.45, 7) is 0. The van der Waals surface area contributed by atoms with Gasteiger partial charge in [0, 0.05) is 14.2 Å². The molecule has 0 radical (unpaired) electrons. The zero-order valence-corrected chi connectivity index (χ0v) is 14.6. The molecular weight excluding hydrogens is 318 g/mol. The summed E-state index contributed by atoms with van der Waals surface area (Å²) >= 11 is 0. The lowest BCUT2D eigenvalue weighted by atomic mass is 10.0. The summed E-state index contributed by atoms with van der Waals surface area (Å²) in [5.41, 5.74) is 0. The number of methoxy groups -OCH3 is 2. The van der Waals surface area contributed by atoms with Crippen LogP contribution >= 0.6 is 0 Å². The molecule has 1 saturated carbocycles. The van der Waals surface area contributed by atoms with E-state index < -0.39 is 22.2 Å². The van der Waals surface area contributed by atoms with Crippen LogP contribution < -0.4 is 4.74 Å². The first-order valence-corrected chi connectivity index (χ1v) is 9.18. The molecule has 1 aromatic carbocycles. The van der Waals surface area contributed by atoms with Crippen molar-refractivity contribution in [2.24, 2.45) is 0 Å². The number of ether oxygens (including phenoxy) is 2. The molecule has 2 rings (SSSR count). The van der Waals surface area contributed by atoms with Crippen molar-refractivity contribution in [3.05, 3.63) is 24.3 Å². The Morgan fingerprint density at radius 1 is 1.13 bits per heavy atom. The average Bonchev–Trinajstić information content (AvgIpc) is 2.75. The number of likely N-dealkylation sites (N-methyl/N-ethyl adjacent to an activating group) is 1. The summed E-state index contributed by atoms with van der Waals surface area (Å²) in [7, 11) is 0.917. The largest absolute Gasteiger partial charge is 0.497 e. The fourth-order valence-electron chi connectivity index (χ4n) is 3.03. The Morgan fingerprint density at radius 2 is 1.74 bits per heavy atom. The van der Waals surface area contributed by atoms with Crippen LogP contribution in [0.5, 0.6) is 5.75 Å². The molecule has 0 amide bonds. The fourth-order valence-corrected chi connectivity index (χ4v) is 4.43. The van der Waals surface area contributed by atoms with Crippen LogP contribution in [0.2, 0.25) is 0 Å². The Morgan fingerprint density at radius 3 is 2.30 bits per heavy atom. The molecule has 0 aromatic heterocycles. The molecule has 1 aliphatic carbocycles. The van der Waals surface area contributed by atoms with Gasteiger partial charge in [0.1, 0.15) is 5.75 Å². The molecule has 0 unspecified atom stereocenters. The Balaban J connectivity index is 2.26. The Hall–Kier alpha value is -1.15. The van der Waals surface area contributed by atoms with Gasteiger partial charge in [0.2, 0.25) is 10.0 Å². The first-order chi connectivity index (χ1) is 10.9. The third kappa shape index (κ3) is 3.85. The summed E-state index contributed by atoms with van der Waals surface area (Å²) in [5.74, 6) is 0.598. The smallest absolute Gasteiger partial charge is 0.243 e. The third-order valence-electron chi connectivity index (χ3n) is 4.52. The van der Waals surface area contributed by atoms with Crippen molar-refractivity contribution < 1.29 is 23.0 Å². The molecule has 0 spiro atoms. The van der Waals surface area contributed by atoms with Gasteiger partial charge in [0.05, 0.1) is 30.3 Å². The van der Waals surface area contributed by atoms with Crippen LogP contribution in [0.1, 0.15) is 25.7 Å². The summed E-state index contributed by atoms with van der Waals surface area (Å²) in [4.78, 5) is 0.186. The lowest BCUT2D eigenvalue weighted by molar-refractivity contribution is -0.0389. The van der Waals surface area contributed by atoms with E-state index in [4.69, 9.17) is 9.47 Å². The second-order valence-electron chi connectivity index (χ2n) is 5.81. The lowest BCUT2D eigenvalue weighted by Gasteiger charge is -2.32. The number of hydrogen-bond acceptors (Lipinski definition) is 5. The molecule has 1 fully saturated rings. The van der Waals surface area contributed by atoms with Crippen LogP contribution in [-0.2, 0) is 14.8 Å². The fraction of sp³-hybridized carbons (Fsp3) is 0.625. The molecule has 0 saturated heterocycles. The quantitative estimate of drug-likeness (QED) is 0.823. The molecule has 1 N–H and O–H groups in total. The van der Waals surface area contributed by atoms with Gasteiger partial charge in [-0.25, -0.2) is 8.42 Å². The van der Waals surface area contributed by atoms with Crippen LogP contribution in [0.25, 0.3) is 0 Å². The van der Waals surface area contributed by atoms with Crippen molar-refractivity contribution in [1.82, 2.24) is 4.31 Å². The summed E-state index contributed by atoms with van der Waals surface area (Å²) < 4.78 is 37.3. The topological polar surface area (TPSA) is 76.1 Å². The minimum Gasteiger partial charge on any atom is -0.497 e. The minimum atomic E-state index is -3.68. The van der Waals surface area contributed by atoms with Crippen molar-refractivity contribution in [3.8, 4) is 5.75 Å². The standard InChI is InChI=1S/C16H25NO5S/c1-17(14-6-4-5-7-15(22-3)16(14)18)23(19,20)13-10-8-12(21-2)9-11-13/h8-11,14-16,18H,4-7H2,1-3H3/t14-,15-,16-/m1/s1. The number of benzene rings is 1. The number of aliphatic hydroxyl groups excluding tert-OH is 1. The highest BCUT2D eigenvalue weighted by atomic mass is 32.2. The van der Waals surface area contributed by atoms with E-state index in [1.165, 1.54) is 30.6 Å². The molecule has 0 bridgehead atoms. The highest BCUT2D eigenvalue weighted by Crippen LogP contribution is 2.28. The maximum Gasteiger partial charge on any atom is 0.243 e. The molecule has 0 aliphatic heterocycles. The maximum absolute atomic E-state index is 12.8. The second kappa shape index (κ2) is 7.61. The molecule has 130 valence electrons. The van der Waals surface area contributed by atoms with E-state index in [0.717, 1.165) is 19.3 Å². The number of aliphatic hydroxyl groups is 1. The Kier molecular flexibility index (Phi) is 6.02. The molecule has 7 heteroatoms. The first-order valence-electron chi connectivity index (χ1n) is 7.74. The van der Waals surface area contributed by atoms with E-state index >= 15 is 0 Å². The van der Waals surface area contributed by atoms with Gasteiger partial charge in [-0.2, -0.15) is 4.31 Å². The molecule has 6 nitrogen and oxygen atoms in total. The van der Waals surface area contributed by atoms with E-state index in [1.54, 1.807) is 19.2 Å². The van der Waals surface area contributed by atoms with E-state index in [1.807, 2.05) is 0 Å². The molecule has 1 aromatic rings. The maximum atomic E-state index is 12.8. The Labute approximate surface area is 138 Å². The summed E-state index contributed by atoms with van der Waals surface area (Å²) in [6.07, 6.45) is 1.97. The molecule has 1 aliphatic rings. The highest BCUT2D eigenvalue weighted by molar-refractivity contribution is 7.89. The molecular formula is C16H25NO5S. The van der Waals surface area contributed by atoms with Crippen LogP contribution in [0.15, 0.2) is 29.2 Å². The van der Waals surface area contributed by atoms with Gasteiger partial charge in [0.25, 0.3) is 0 Å². The third-order valence-corrected chi connectivity index (χ3v) is 6.42. The van der Waals surface area contributed by atoms with E-state index in [0.29, 0.717) is 12.2 Å². The minimum absolute atomic E-state index is 0.186. The monoisotopic (exact) mass is 343 g/mol. The van der Waals surface area contributed by atoms with E-state index in [-0.39, 0.29) is 11.0 Å². The summed E-state index contributed by atoms with van der Waals surface area (Å²) in [5, 5.41) is 10.5. The van der Waals surface area contributed by atoms with Gasteiger partial charge in [-0.05, 0) is 37.1 Å². The molecule has 3 atom stereocenters. The number of hydrogen-bond donors (Lipinski definition) is 1. The SMILES string of the molecule is COc1ccc(S(=O)(=O)N(C)[C@@H]2CCCC[C@@H](OC)[C@@H]2O)cc1. The number of rotatable bonds is 5. The van der Waals surface area contributed by atoms with Gasteiger partial charge in [0.15, 0.2) is 0 Å². The van der Waals surface area contributed by atoms with Crippen LogP contribution in [0.4, 0.5) is 0 Å². The van der Waals surface area contributed by atoms with Gasteiger partial charge in [-0.3, -0.25) is 0 Å². The van der Waals surface area contributed by atoms with Crippen molar-refractivity contribution >= 4 is 10.0 Å². The highest BCUT2D eigenvalue weighted by Gasteiger charge is 2.37. The average molecular weight is 343 g/mol. The predicted molar refractivity (Wildman–Crippen MR) is 87.0 cm³/mol. The van der Waals surface area contributed by atoms with Crippen molar-refractivity contribution in [3.63, 3.8) is 0 Å².